The monoisotopic (exact) mass is 406 g/mol. The first kappa shape index (κ1) is 17.6. The van der Waals surface area contributed by atoms with Gasteiger partial charge >= 0.3 is 0 Å². The summed E-state index contributed by atoms with van der Waals surface area (Å²) in [6, 6.07) is 29.1. The first-order valence-corrected chi connectivity index (χ1v) is 11.0. The minimum Gasteiger partial charge on any atom is -0.370 e. The van der Waals surface area contributed by atoms with Gasteiger partial charge < -0.3 is 9.47 Å². The van der Waals surface area contributed by atoms with E-state index in [2.05, 4.69) is 60.7 Å². The van der Waals surface area contributed by atoms with E-state index in [9.17, 15) is 4.79 Å². The maximum atomic E-state index is 13.6. The smallest absolute Gasteiger partial charge is 0.162 e. The second-order valence-corrected chi connectivity index (χ2v) is 9.10. The van der Waals surface area contributed by atoms with E-state index < -0.39 is 16.8 Å². The molecule has 0 amide bonds. The third kappa shape index (κ3) is 1.91. The number of hydrogen-bond acceptors (Lipinski definition) is 3. The van der Waals surface area contributed by atoms with Crippen molar-refractivity contribution in [1.29, 1.82) is 0 Å². The van der Waals surface area contributed by atoms with E-state index in [0.717, 1.165) is 28.7 Å². The van der Waals surface area contributed by atoms with Crippen molar-refractivity contribution in [3.8, 4) is 0 Å². The molecule has 0 aromatic heterocycles. The molecule has 3 aliphatic heterocycles. The first-order chi connectivity index (χ1) is 15.2. The van der Waals surface area contributed by atoms with E-state index in [1.54, 1.807) is 6.08 Å². The molecule has 2 bridgehead atoms. The van der Waals surface area contributed by atoms with Gasteiger partial charge in [-0.3, -0.25) is 4.79 Å². The Balaban J connectivity index is 1.62. The molecule has 3 aromatic rings. The minimum absolute atomic E-state index is 0.122. The summed E-state index contributed by atoms with van der Waals surface area (Å²) in [7, 11) is 0. The molecule has 31 heavy (non-hydrogen) atoms. The van der Waals surface area contributed by atoms with Crippen LogP contribution in [-0.4, -0.2) is 18.0 Å². The molecule has 0 N–H and O–H groups in total. The molecule has 1 aliphatic carbocycles. The summed E-state index contributed by atoms with van der Waals surface area (Å²) in [5.74, 6) is -0.332. The van der Waals surface area contributed by atoms with Crippen molar-refractivity contribution >= 4 is 5.78 Å². The van der Waals surface area contributed by atoms with E-state index >= 15 is 0 Å². The van der Waals surface area contributed by atoms with Crippen LogP contribution in [0.1, 0.15) is 28.7 Å². The molecule has 4 aliphatic rings. The highest BCUT2D eigenvalue weighted by molar-refractivity contribution is 5.96. The number of carbonyl (C=O) groups is 1. The molecule has 2 saturated heterocycles. The van der Waals surface area contributed by atoms with Crippen LogP contribution in [0.25, 0.3) is 0 Å². The summed E-state index contributed by atoms with van der Waals surface area (Å²) in [6.07, 6.45) is 4.66. The van der Waals surface area contributed by atoms with Gasteiger partial charge in [-0.05, 0) is 34.4 Å². The summed E-state index contributed by atoms with van der Waals surface area (Å²) in [4.78, 5) is 13.6. The van der Waals surface area contributed by atoms with Gasteiger partial charge in [0.2, 0.25) is 0 Å². The second-order valence-electron chi connectivity index (χ2n) is 9.10. The zero-order chi connectivity index (χ0) is 20.7. The van der Waals surface area contributed by atoms with Crippen LogP contribution in [0.15, 0.2) is 97.1 Å². The highest BCUT2D eigenvalue weighted by Crippen LogP contribution is 2.73. The van der Waals surface area contributed by atoms with Gasteiger partial charge in [-0.15, -0.1) is 0 Å². The standard InChI is InChI=1S/C28H22O3/c29-23-15-16-26(17-18-30-26)25-24(23)27(19-9-3-1-4-10-19)21-13-7-8-14-22(21)28(25,31-27)20-11-5-2-6-12-20/h1-16,24-25H,17-18H2/t24-,25-,26-,27-,28-/m0/s1. The highest BCUT2D eigenvalue weighted by Gasteiger charge is 2.77. The summed E-state index contributed by atoms with van der Waals surface area (Å²) in [6.45, 7) is 0.715. The zero-order valence-corrected chi connectivity index (χ0v) is 17.0. The molecule has 0 radical (unpaired) electrons. The Morgan fingerprint density at radius 3 is 1.87 bits per heavy atom. The number of allylic oxidation sites excluding steroid dienone is 1. The van der Waals surface area contributed by atoms with Crippen molar-refractivity contribution in [2.24, 2.45) is 11.8 Å². The largest absolute Gasteiger partial charge is 0.370 e. The van der Waals surface area contributed by atoms with E-state index in [0.29, 0.717) is 6.61 Å². The van der Waals surface area contributed by atoms with E-state index in [4.69, 9.17) is 9.47 Å². The molecule has 0 saturated carbocycles. The average Bonchev–Trinajstić information content (AvgIpc) is 3.31. The predicted octanol–water partition coefficient (Wildman–Crippen LogP) is 4.75. The molecule has 3 heteroatoms. The maximum absolute atomic E-state index is 13.6. The normalized spacial score (nSPS) is 36.8. The van der Waals surface area contributed by atoms with E-state index in [1.165, 1.54) is 0 Å². The number of rotatable bonds is 2. The predicted molar refractivity (Wildman–Crippen MR) is 116 cm³/mol. The van der Waals surface area contributed by atoms with Gasteiger partial charge in [0.25, 0.3) is 0 Å². The Hall–Kier alpha value is -3.01. The van der Waals surface area contributed by atoms with Crippen molar-refractivity contribution in [2.75, 3.05) is 6.61 Å². The molecular weight excluding hydrogens is 384 g/mol. The zero-order valence-electron chi connectivity index (χ0n) is 17.0. The summed E-state index contributed by atoms with van der Waals surface area (Å²) in [5.41, 5.74) is 2.34. The fourth-order valence-electron chi connectivity index (χ4n) is 6.72. The Morgan fingerprint density at radius 2 is 1.29 bits per heavy atom. The molecule has 2 fully saturated rings. The number of fused-ring (bicyclic) bond motifs is 9. The molecule has 5 atom stereocenters. The highest BCUT2D eigenvalue weighted by atomic mass is 16.6. The lowest BCUT2D eigenvalue weighted by Gasteiger charge is -2.54. The Kier molecular flexibility index (Phi) is 3.31. The van der Waals surface area contributed by atoms with Gasteiger partial charge in [0.05, 0.1) is 18.1 Å². The van der Waals surface area contributed by atoms with Gasteiger partial charge in [0.1, 0.15) is 11.2 Å². The van der Waals surface area contributed by atoms with Gasteiger partial charge in [-0.1, -0.05) is 84.9 Å². The third-order valence-corrected chi connectivity index (χ3v) is 7.89. The Labute approximate surface area is 181 Å². The lowest BCUT2D eigenvalue weighted by Crippen LogP contribution is -2.61. The van der Waals surface area contributed by atoms with Crippen LogP contribution < -0.4 is 0 Å². The number of carbonyl (C=O) groups excluding carboxylic acids is 1. The van der Waals surface area contributed by atoms with Crippen molar-refractivity contribution in [2.45, 2.75) is 23.2 Å². The van der Waals surface area contributed by atoms with Crippen LogP contribution in [0, 0.1) is 11.8 Å². The first-order valence-electron chi connectivity index (χ1n) is 11.0. The molecule has 3 heterocycles. The van der Waals surface area contributed by atoms with E-state index in [1.807, 2.05) is 30.3 Å². The molecule has 7 rings (SSSR count). The number of hydrogen-bond donors (Lipinski definition) is 0. The van der Waals surface area contributed by atoms with Crippen molar-refractivity contribution in [1.82, 2.24) is 0 Å². The Morgan fingerprint density at radius 1 is 0.742 bits per heavy atom. The summed E-state index contributed by atoms with van der Waals surface area (Å²) in [5, 5.41) is 0. The summed E-state index contributed by atoms with van der Waals surface area (Å²) >= 11 is 0. The number of ether oxygens (including phenoxy) is 2. The van der Waals surface area contributed by atoms with Crippen LogP contribution in [0.5, 0.6) is 0 Å². The minimum atomic E-state index is -0.827. The van der Waals surface area contributed by atoms with Crippen LogP contribution in [0.4, 0.5) is 0 Å². The van der Waals surface area contributed by atoms with Gasteiger partial charge in [-0.2, -0.15) is 0 Å². The maximum Gasteiger partial charge on any atom is 0.162 e. The molecule has 3 aromatic carbocycles. The van der Waals surface area contributed by atoms with Crippen molar-refractivity contribution < 1.29 is 14.3 Å². The fraction of sp³-hybridized carbons (Fsp3) is 0.250. The third-order valence-electron chi connectivity index (χ3n) is 7.89. The topological polar surface area (TPSA) is 35.5 Å². The van der Waals surface area contributed by atoms with Crippen molar-refractivity contribution in [3.05, 3.63) is 119 Å². The van der Waals surface area contributed by atoms with Crippen LogP contribution in [0.3, 0.4) is 0 Å². The average molecular weight is 406 g/mol. The second kappa shape index (κ2) is 5.82. The molecule has 0 unspecified atom stereocenters. The lowest BCUT2D eigenvalue weighted by molar-refractivity contribution is -0.184. The van der Waals surface area contributed by atoms with Crippen LogP contribution in [0.2, 0.25) is 0 Å². The van der Waals surface area contributed by atoms with Gasteiger partial charge in [0, 0.05) is 12.3 Å². The van der Waals surface area contributed by atoms with E-state index in [-0.39, 0.29) is 17.6 Å². The molecule has 152 valence electrons. The molecule has 1 spiro atoms. The molecule has 3 nitrogen and oxygen atoms in total. The van der Waals surface area contributed by atoms with Crippen LogP contribution in [-0.2, 0) is 25.5 Å². The fourth-order valence-corrected chi connectivity index (χ4v) is 6.72. The number of ketones is 1. The van der Waals surface area contributed by atoms with Crippen molar-refractivity contribution in [3.63, 3.8) is 0 Å². The van der Waals surface area contributed by atoms with Gasteiger partial charge in [0.15, 0.2) is 5.78 Å². The quantitative estimate of drug-likeness (QED) is 0.616. The Bertz CT molecular complexity index is 1230. The molecular formula is C28H22O3. The number of benzene rings is 3. The lowest BCUT2D eigenvalue weighted by atomic mass is 9.52. The van der Waals surface area contributed by atoms with Crippen LogP contribution >= 0.6 is 0 Å². The summed E-state index contributed by atoms with van der Waals surface area (Å²) < 4.78 is 13.6. The SMILES string of the molecule is O=C1C=C[C@]2(CCO2)[C@@H]2[C@H]1[C@@]1(c3ccccc3)O[C@@]2(c2ccccc2)c2ccccc21. The van der Waals surface area contributed by atoms with Gasteiger partial charge in [-0.25, -0.2) is 0 Å².